The van der Waals surface area contributed by atoms with Crippen LogP contribution in [0.1, 0.15) is 0 Å². The van der Waals surface area contributed by atoms with Gasteiger partial charge in [-0.15, -0.1) is 59.3 Å². The second-order valence-electron chi connectivity index (χ2n) is 17.1. The molecule has 0 atom stereocenters. The van der Waals surface area contributed by atoms with Crippen LogP contribution >= 0.6 is 0 Å². The van der Waals surface area contributed by atoms with Crippen LogP contribution in [0.4, 0.5) is 0 Å². The molecule has 0 saturated carbocycles. The van der Waals surface area contributed by atoms with Crippen molar-refractivity contribution in [2.75, 3.05) is 0 Å². The second kappa shape index (κ2) is 18.9. The third-order valence-corrected chi connectivity index (χ3v) is 12.9. The summed E-state index contributed by atoms with van der Waals surface area (Å²) in [6.07, 6.45) is 6.65. The fourth-order valence-electron chi connectivity index (χ4n) is 9.78. The summed E-state index contributed by atoms with van der Waals surface area (Å²) in [5.41, 5.74) is 9.48. The summed E-state index contributed by atoms with van der Waals surface area (Å²) in [5.74, 6) is 3.97. The Kier molecular flexibility index (Phi) is 11.8. The zero-order valence-corrected chi connectivity index (χ0v) is 42.7. The monoisotopic (exact) mass is 1300 g/mol. The van der Waals surface area contributed by atoms with E-state index in [0.29, 0.717) is 40.0 Å². The van der Waals surface area contributed by atoms with E-state index in [9.17, 15) is 0 Å². The third-order valence-electron chi connectivity index (χ3n) is 12.9. The number of hydrogen-bond donors (Lipinski definition) is 0. The molecule has 14 aromatic rings. The number of aromatic nitrogens is 8. The van der Waals surface area contributed by atoms with E-state index in [1.807, 2.05) is 114 Å². The van der Waals surface area contributed by atoms with Gasteiger partial charge in [0.25, 0.3) is 0 Å². The van der Waals surface area contributed by atoms with Crippen LogP contribution in [0.25, 0.3) is 105 Å². The van der Waals surface area contributed by atoms with Gasteiger partial charge in [0.05, 0.1) is 0 Å². The molecule has 0 aliphatic heterocycles. The van der Waals surface area contributed by atoms with Crippen LogP contribution in [0, 0.1) is 24.3 Å². The molecule has 8 aromatic carbocycles. The Morgan fingerprint density at radius 1 is 0.329 bits per heavy atom. The molecule has 6 heterocycles. The molecule has 12 heteroatoms. The predicted molar refractivity (Wildman–Crippen MR) is 278 cm³/mol. The topological polar surface area (TPSA) is 97.7 Å². The molecule has 0 aliphatic carbocycles. The Hall–Kier alpha value is -8.55. The average molecular weight is 1300 g/mol. The van der Waals surface area contributed by atoms with Crippen molar-refractivity contribution in [3.05, 3.63) is 231 Å². The van der Waals surface area contributed by atoms with Gasteiger partial charge >= 0.3 is 42.1 Å². The number of fused-ring (bicyclic) bond motifs is 9. The van der Waals surface area contributed by atoms with Gasteiger partial charge in [0, 0.05) is 46.4 Å². The van der Waals surface area contributed by atoms with Crippen LogP contribution in [0.15, 0.2) is 207 Å². The first-order chi connectivity index (χ1) is 35.2. The molecule has 0 bridgehead atoms. The largest absolute Gasteiger partial charge is 2.00 e. The number of pyridine rings is 2. The van der Waals surface area contributed by atoms with Gasteiger partial charge in [-0.25, -0.2) is 24.9 Å². The van der Waals surface area contributed by atoms with Gasteiger partial charge in [-0.3, -0.25) is 0 Å². The van der Waals surface area contributed by atoms with Crippen molar-refractivity contribution in [1.82, 2.24) is 38.6 Å². The molecule has 0 radical (unpaired) electrons. The van der Waals surface area contributed by atoms with Crippen LogP contribution < -0.4 is 9.47 Å². The molecule has 10 nitrogen and oxygen atoms in total. The summed E-state index contributed by atoms with van der Waals surface area (Å²) in [6, 6.07) is 75.7. The maximum Gasteiger partial charge on any atom is 2.00 e. The third kappa shape index (κ3) is 7.96. The van der Waals surface area contributed by atoms with Crippen LogP contribution in [-0.2, 0) is 42.1 Å². The Bertz CT molecular complexity index is 4110. The first-order valence-corrected chi connectivity index (χ1v) is 23.0. The van der Waals surface area contributed by atoms with E-state index in [1.54, 1.807) is 0 Å². The zero-order valence-electron chi connectivity index (χ0n) is 38.2. The van der Waals surface area contributed by atoms with Crippen LogP contribution in [0.2, 0.25) is 0 Å². The first kappa shape index (κ1) is 45.6. The summed E-state index contributed by atoms with van der Waals surface area (Å²) in [5, 5.41) is 6.07. The molecule has 0 unspecified atom stereocenters. The molecule has 14 rings (SSSR count). The van der Waals surface area contributed by atoms with Crippen molar-refractivity contribution >= 4 is 65.4 Å². The van der Waals surface area contributed by atoms with Crippen molar-refractivity contribution in [2.45, 2.75) is 0 Å². The molecule has 350 valence electrons. The van der Waals surface area contributed by atoms with Gasteiger partial charge in [-0.2, -0.15) is 35.0 Å². The Morgan fingerprint density at radius 3 is 1.12 bits per heavy atom. The average Bonchev–Trinajstić information content (AvgIpc) is 4.06. The van der Waals surface area contributed by atoms with E-state index in [2.05, 4.69) is 133 Å². The fourth-order valence-corrected chi connectivity index (χ4v) is 9.78. The van der Waals surface area contributed by atoms with Gasteiger partial charge in [0.2, 0.25) is 5.95 Å². The van der Waals surface area contributed by atoms with Gasteiger partial charge in [-0.05, 0) is 69.4 Å². The maximum absolute atomic E-state index is 6.63. The Balaban J connectivity index is 0.00000271. The molecular weight excluding hydrogens is 1270 g/mol. The molecular formula is C61H34N8O2Pt2. The van der Waals surface area contributed by atoms with Crippen molar-refractivity contribution in [1.29, 1.82) is 0 Å². The fraction of sp³-hybridized carbons (Fsp3) is 0. The van der Waals surface area contributed by atoms with E-state index in [0.717, 1.165) is 88.3 Å². The van der Waals surface area contributed by atoms with Crippen molar-refractivity contribution in [3.63, 3.8) is 0 Å². The number of ether oxygens (including phenoxy) is 2. The van der Waals surface area contributed by atoms with Crippen LogP contribution in [-0.4, -0.2) is 38.6 Å². The first-order valence-electron chi connectivity index (χ1n) is 23.0. The van der Waals surface area contributed by atoms with E-state index in [4.69, 9.17) is 19.4 Å². The summed E-state index contributed by atoms with van der Waals surface area (Å²) >= 11 is 0. The predicted octanol–water partition coefficient (Wildman–Crippen LogP) is 14.1. The Labute approximate surface area is 446 Å². The summed E-state index contributed by atoms with van der Waals surface area (Å²) in [6.45, 7) is 0. The van der Waals surface area contributed by atoms with Crippen molar-refractivity contribution in [2.24, 2.45) is 0 Å². The van der Waals surface area contributed by atoms with E-state index in [-0.39, 0.29) is 42.1 Å². The number of benzene rings is 8. The molecule has 0 fully saturated rings. The van der Waals surface area contributed by atoms with E-state index >= 15 is 0 Å². The van der Waals surface area contributed by atoms with Crippen molar-refractivity contribution < 1.29 is 51.6 Å². The number of hydrogen-bond acceptors (Lipinski definition) is 7. The molecule has 0 saturated heterocycles. The number of rotatable bonds is 9. The maximum atomic E-state index is 6.63. The SMILES string of the molecule is [Pt+2].[Pt+2].[c-]1c(Oc2[c-]c3c(cc2)c2ccccc2n3-c2cc(-c3ccccc3)ccn2)ccc2c3ccc(Oc4[c-]c5c(cc4)c4ccccc4n5-c4cc(-c5ccccc5)ccn4)[c-]c3n(-c3ncncn3)c12. The number of nitrogens with zero attached hydrogens (tertiary/aromatic N) is 8. The van der Waals surface area contributed by atoms with Crippen LogP contribution in [0.5, 0.6) is 23.0 Å². The van der Waals surface area contributed by atoms with E-state index < -0.39 is 0 Å². The van der Waals surface area contributed by atoms with Gasteiger partial charge in [-0.1, -0.05) is 119 Å². The second-order valence-corrected chi connectivity index (χ2v) is 17.1. The van der Waals surface area contributed by atoms with E-state index in [1.165, 1.54) is 12.7 Å². The smallest absolute Gasteiger partial charge is 0.509 e. The molecule has 0 N–H and O–H groups in total. The van der Waals surface area contributed by atoms with Crippen LogP contribution in [0.3, 0.4) is 0 Å². The molecule has 0 aliphatic rings. The van der Waals surface area contributed by atoms with Gasteiger partial charge in [0.1, 0.15) is 24.3 Å². The minimum atomic E-state index is 0. The zero-order chi connectivity index (χ0) is 46.8. The quantitative estimate of drug-likeness (QED) is 0.133. The standard InChI is InChI=1S/C61H34N8O2.2Pt/c1-3-11-39(12-4-1)41-27-29-63-59(31-41)67-53-17-9-7-15-47(53)49-23-19-43(33-55(49)67)70-45-21-25-51-52-26-22-46(36-58(52)69(57(51)35-45)61-65-37-62-38-66-61)71-44-20-24-50-48-16-8-10-18-54(48)68(56(50)34-44)60-32-42(28-30-64-60)40-13-5-2-6-14-40;;/h1-32,37-38H;;/q-4;2*+2. The molecule has 73 heavy (non-hydrogen) atoms. The minimum absolute atomic E-state index is 0. The normalized spacial score (nSPS) is 11.3. The molecule has 0 spiro atoms. The molecule has 6 aromatic heterocycles. The number of para-hydroxylation sites is 2. The molecule has 0 amide bonds. The Morgan fingerprint density at radius 2 is 0.699 bits per heavy atom. The van der Waals surface area contributed by atoms with Gasteiger partial charge < -0.3 is 23.2 Å². The summed E-state index contributed by atoms with van der Waals surface area (Å²) in [7, 11) is 0. The van der Waals surface area contributed by atoms with Gasteiger partial charge in [0.15, 0.2) is 0 Å². The minimum Gasteiger partial charge on any atom is -0.509 e. The summed E-state index contributed by atoms with van der Waals surface area (Å²) in [4.78, 5) is 23.0. The van der Waals surface area contributed by atoms with Crippen molar-refractivity contribution in [3.8, 4) is 62.8 Å². The summed E-state index contributed by atoms with van der Waals surface area (Å²) < 4.78 is 19.5.